The van der Waals surface area contributed by atoms with Gasteiger partial charge in [-0.15, -0.1) is 0 Å². The third-order valence-electron chi connectivity index (χ3n) is 4.38. The van der Waals surface area contributed by atoms with Gasteiger partial charge in [-0.25, -0.2) is 4.39 Å². The zero-order valence-corrected chi connectivity index (χ0v) is 14.2. The van der Waals surface area contributed by atoms with Crippen LogP contribution in [0.1, 0.15) is 10.4 Å². The highest BCUT2D eigenvalue weighted by molar-refractivity contribution is 5.97. The minimum atomic E-state index is -0.507. The molecule has 3 rings (SSSR count). The summed E-state index contributed by atoms with van der Waals surface area (Å²) < 4.78 is 18.7. The Hall–Kier alpha value is -3.16. The number of para-hydroxylation sites is 2. The summed E-state index contributed by atoms with van der Waals surface area (Å²) in [5, 5.41) is 11.2. The lowest BCUT2D eigenvalue weighted by Gasteiger charge is -2.36. The molecule has 0 saturated carbocycles. The van der Waals surface area contributed by atoms with Crippen LogP contribution in [0.25, 0.3) is 0 Å². The van der Waals surface area contributed by atoms with Crippen LogP contribution >= 0.6 is 0 Å². The summed E-state index contributed by atoms with van der Waals surface area (Å²) in [7, 11) is 1.43. The molecule has 0 spiro atoms. The Balaban J connectivity index is 1.74. The molecule has 1 amide bonds. The van der Waals surface area contributed by atoms with E-state index in [2.05, 4.69) is 0 Å². The quantitative estimate of drug-likeness (QED) is 0.620. The number of nitrogens with zero attached hydrogens (tertiary/aromatic N) is 3. The van der Waals surface area contributed by atoms with E-state index in [0.29, 0.717) is 37.6 Å². The number of anilines is 1. The fraction of sp³-hybridized carbons (Fsp3) is 0.278. The van der Waals surface area contributed by atoms with Crippen LogP contribution in [0, 0.1) is 15.9 Å². The van der Waals surface area contributed by atoms with Crippen LogP contribution in [0.4, 0.5) is 15.8 Å². The zero-order chi connectivity index (χ0) is 18.7. The Kier molecular flexibility index (Phi) is 5.01. The number of carbonyl (C=O) groups excluding carboxylic acids is 1. The molecule has 1 saturated heterocycles. The number of ether oxygens (including phenoxy) is 1. The number of amides is 1. The molecule has 26 heavy (non-hydrogen) atoms. The first-order valence-corrected chi connectivity index (χ1v) is 8.12. The Bertz CT molecular complexity index is 835. The van der Waals surface area contributed by atoms with Crippen molar-refractivity contribution in [1.82, 2.24) is 4.90 Å². The summed E-state index contributed by atoms with van der Waals surface area (Å²) in [4.78, 5) is 27.0. The minimum absolute atomic E-state index is 0.0408. The largest absolute Gasteiger partial charge is 0.496 e. The number of halogens is 1. The van der Waals surface area contributed by atoms with E-state index in [0.717, 1.165) is 6.07 Å². The van der Waals surface area contributed by atoms with Crippen molar-refractivity contribution in [1.29, 1.82) is 0 Å². The molecule has 8 heteroatoms. The van der Waals surface area contributed by atoms with Crippen LogP contribution in [0.15, 0.2) is 42.5 Å². The number of nitro benzene ring substituents is 1. The van der Waals surface area contributed by atoms with Crippen LogP contribution in [0.3, 0.4) is 0 Å². The molecule has 1 aliphatic rings. The SMILES string of the molecule is COc1ccc(F)cc1C(=O)N1CCN(c2ccccc2[N+](=O)[O-])CC1. The summed E-state index contributed by atoms with van der Waals surface area (Å²) >= 11 is 0. The normalized spacial score (nSPS) is 14.2. The summed E-state index contributed by atoms with van der Waals surface area (Å²) in [6.07, 6.45) is 0. The summed E-state index contributed by atoms with van der Waals surface area (Å²) in [6.45, 7) is 1.66. The monoisotopic (exact) mass is 359 g/mol. The smallest absolute Gasteiger partial charge is 0.292 e. The maximum atomic E-state index is 13.5. The first-order chi connectivity index (χ1) is 12.5. The minimum Gasteiger partial charge on any atom is -0.496 e. The molecular weight excluding hydrogens is 341 g/mol. The van der Waals surface area contributed by atoms with Crippen molar-refractivity contribution in [3.63, 3.8) is 0 Å². The maximum absolute atomic E-state index is 13.5. The highest BCUT2D eigenvalue weighted by atomic mass is 19.1. The van der Waals surface area contributed by atoms with Gasteiger partial charge in [-0.3, -0.25) is 14.9 Å². The first kappa shape index (κ1) is 17.7. The Morgan fingerprint density at radius 2 is 1.85 bits per heavy atom. The van der Waals surface area contributed by atoms with Gasteiger partial charge < -0.3 is 14.5 Å². The number of benzene rings is 2. The van der Waals surface area contributed by atoms with E-state index in [4.69, 9.17) is 4.74 Å². The standard InChI is InChI=1S/C18H18FN3O4/c1-26-17-7-6-13(19)12-14(17)18(23)21-10-8-20(9-11-21)15-4-2-3-5-16(15)22(24)25/h2-7,12H,8-11H2,1H3. The van der Waals surface area contributed by atoms with Gasteiger partial charge in [0, 0.05) is 32.2 Å². The van der Waals surface area contributed by atoms with Crippen molar-refractivity contribution in [2.24, 2.45) is 0 Å². The van der Waals surface area contributed by atoms with E-state index in [-0.39, 0.29) is 17.2 Å². The molecule has 136 valence electrons. The van der Waals surface area contributed by atoms with Gasteiger partial charge in [0.05, 0.1) is 17.6 Å². The maximum Gasteiger partial charge on any atom is 0.292 e. The molecule has 2 aromatic carbocycles. The third kappa shape index (κ3) is 3.44. The molecule has 1 aliphatic heterocycles. The molecule has 0 N–H and O–H groups in total. The molecule has 0 bridgehead atoms. The average Bonchev–Trinajstić information content (AvgIpc) is 2.67. The lowest BCUT2D eigenvalue weighted by molar-refractivity contribution is -0.384. The van der Waals surface area contributed by atoms with E-state index in [1.807, 2.05) is 4.90 Å². The second kappa shape index (κ2) is 7.38. The van der Waals surface area contributed by atoms with E-state index < -0.39 is 10.7 Å². The van der Waals surface area contributed by atoms with E-state index >= 15 is 0 Å². The van der Waals surface area contributed by atoms with Crippen LogP contribution in [0.2, 0.25) is 0 Å². The molecule has 0 unspecified atom stereocenters. The Morgan fingerprint density at radius 1 is 1.15 bits per heavy atom. The van der Waals surface area contributed by atoms with Crippen molar-refractivity contribution >= 4 is 17.3 Å². The van der Waals surface area contributed by atoms with Gasteiger partial charge in [0.1, 0.15) is 17.3 Å². The average molecular weight is 359 g/mol. The number of piperazine rings is 1. The highest BCUT2D eigenvalue weighted by Gasteiger charge is 2.27. The van der Waals surface area contributed by atoms with E-state index in [9.17, 15) is 19.3 Å². The number of hydrogen-bond donors (Lipinski definition) is 0. The predicted molar refractivity (Wildman–Crippen MR) is 94.2 cm³/mol. The molecule has 2 aromatic rings. The number of hydrogen-bond acceptors (Lipinski definition) is 5. The van der Waals surface area contributed by atoms with E-state index in [1.165, 1.54) is 25.3 Å². The summed E-state index contributed by atoms with van der Waals surface area (Å²) in [5.41, 5.74) is 0.749. The van der Waals surface area contributed by atoms with Gasteiger partial charge >= 0.3 is 0 Å². The van der Waals surface area contributed by atoms with Crippen LogP contribution in [-0.2, 0) is 0 Å². The van der Waals surface area contributed by atoms with Crippen LogP contribution < -0.4 is 9.64 Å². The molecule has 0 radical (unpaired) electrons. The highest BCUT2D eigenvalue weighted by Crippen LogP contribution is 2.29. The zero-order valence-electron chi connectivity index (χ0n) is 14.2. The second-order valence-corrected chi connectivity index (χ2v) is 5.87. The predicted octanol–water partition coefficient (Wildman–Crippen LogP) is 2.70. The molecule has 7 nitrogen and oxygen atoms in total. The van der Waals surface area contributed by atoms with Gasteiger partial charge in [-0.1, -0.05) is 12.1 Å². The number of methoxy groups -OCH3 is 1. The first-order valence-electron chi connectivity index (χ1n) is 8.12. The number of nitro groups is 1. The fourth-order valence-corrected chi connectivity index (χ4v) is 3.05. The Labute approximate surface area is 149 Å². The fourth-order valence-electron chi connectivity index (χ4n) is 3.05. The van der Waals surface area contributed by atoms with Crippen molar-refractivity contribution < 1.29 is 18.8 Å². The van der Waals surface area contributed by atoms with Gasteiger partial charge in [-0.2, -0.15) is 0 Å². The van der Waals surface area contributed by atoms with Gasteiger partial charge in [-0.05, 0) is 24.3 Å². The lowest BCUT2D eigenvalue weighted by Crippen LogP contribution is -2.49. The van der Waals surface area contributed by atoms with Crippen molar-refractivity contribution in [3.8, 4) is 5.75 Å². The van der Waals surface area contributed by atoms with Crippen LogP contribution in [-0.4, -0.2) is 49.0 Å². The van der Waals surface area contributed by atoms with Crippen LogP contribution in [0.5, 0.6) is 5.75 Å². The summed E-state index contributed by atoms with van der Waals surface area (Å²) in [6, 6.07) is 10.4. The molecule has 0 aromatic heterocycles. The lowest BCUT2D eigenvalue weighted by atomic mass is 10.1. The molecule has 0 atom stereocenters. The number of rotatable bonds is 4. The van der Waals surface area contributed by atoms with Crippen molar-refractivity contribution in [2.75, 3.05) is 38.2 Å². The summed E-state index contributed by atoms with van der Waals surface area (Å²) in [5.74, 6) is -0.506. The van der Waals surface area contributed by atoms with Gasteiger partial charge in [0.25, 0.3) is 11.6 Å². The van der Waals surface area contributed by atoms with E-state index in [1.54, 1.807) is 23.1 Å². The second-order valence-electron chi connectivity index (χ2n) is 5.87. The van der Waals surface area contributed by atoms with Gasteiger partial charge in [0.15, 0.2) is 0 Å². The molecular formula is C18H18FN3O4. The van der Waals surface area contributed by atoms with Crippen molar-refractivity contribution in [2.45, 2.75) is 0 Å². The topological polar surface area (TPSA) is 75.9 Å². The molecule has 1 fully saturated rings. The third-order valence-corrected chi connectivity index (χ3v) is 4.38. The molecule has 1 heterocycles. The Morgan fingerprint density at radius 3 is 2.50 bits per heavy atom. The van der Waals surface area contributed by atoms with Gasteiger partial charge in [0.2, 0.25) is 0 Å². The number of carbonyl (C=O) groups is 1. The molecule has 0 aliphatic carbocycles. The van der Waals surface area contributed by atoms with Crippen molar-refractivity contribution in [3.05, 3.63) is 64.0 Å².